The molecule has 2 amide bonds. The lowest BCUT2D eigenvalue weighted by molar-refractivity contribution is -0.115. The molecule has 0 saturated carbocycles. The molecule has 0 saturated heterocycles. The number of hydrogen-bond acceptors (Lipinski definition) is 6. The molecular formula is C18H23N5O3. The summed E-state index contributed by atoms with van der Waals surface area (Å²) in [5.41, 5.74) is 2.72. The Hall–Kier alpha value is -3.16. The van der Waals surface area contributed by atoms with Crippen LogP contribution in [0.15, 0.2) is 30.3 Å². The van der Waals surface area contributed by atoms with Crippen LogP contribution in [-0.2, 0) is 16.1 Å². The maximum atomic E-state index is 12.1. The average molecular weight is 357 g/mol. The van der Waals surface area contributed by atoms with Crippen LogP contribution in [-0.4, -0.2) is 42.6 Å². The number of aryl methyl sites for hydroxylation is 2. The summed E-state index contributed by atoms with van der Waals surface area (Å²) in [4.78, 5) is 34.2. The van der Waals surface area contributed by atoms with Crippen molar-refractivity contribution in [3.63, 3.8) is 0 Å². The number of nitrogens with zero attached hydrogens (tertiary/aromatic N) is 3. The van der Waals surface area contributed by atoms with Crippen molar-refractivity contribution in [1.82, 2.24) is 15.3 Å². The van der Waals surface area contributed by atoms with E-state index in [1.54, 1.807) is 18.7 Å². The van der Waals surface area contributed by atoms with Gasteiger partial charge in [0.1, 0.15) is 13.2 Å². The van der Waals surface area contributed by atoms with Crippen LogP contribution in [0.5, 0.6) is 0 Å². The van der Waals surface area contributed by atoms with Crippen molar-refractivity contribution in [3.8, 4) is 0 Å². The summed E-state index contributed by atoms with van der Waals surface area (Å²) in [7, 11) is 3.69. The van der Waals surface area contributed by atoms with Crippen molar-refractivity contribution in [2.24, 2.45) is 0 Å². The summed E-state index contributed by atoms with van der Waals surface area (Å²) in [5.74, 6) is 0.190. The fourth-order valence-corrected chi connectivity index (χ4v) is 2.19. The number of alkyl carbamates (subject to hydrolysis) is 1. The lowest BCUT2D eigenvalue weighted by Gasteiger charge is -2.15. The van der Waals surface area contributed by atoms with Gasteiger partial charge in [-0.15, -0.1) is 0 Å². The van der Waals surface area contributed by atoms with Gasteiger partial charge in [-0.2, -0.15) is 0 Å². The third kappa shape index (κ3) is 5.44. The molecule has 138 valence electrons. The Balaban J connectivity index is 1.84. The quantitative estimate of drug-likeness (QED) is 0.821. The maximum Gasteiger partial charge on any atom is 0.407 e. The normalized spacial score (nSPS) is 10.2. The Bertz CT molecular complexity index is 755. The zero-order valence-corrected chi connectivity index (χ0v) is 15.4. The predicted octanol–water partition coefficient (Wildman–Crippen LogP) is 2.02. The summed E-state index contributed by atoms with van der Waals surface area (Å²) >= 11 is 0. The van der Waals surface area contributed by atoms with E-state index >= 15 is 0 Å². The molecule has 1 aromatic heterocycles. The molecule has 0 fully saturated rings. The molecule has 26 heavy (non-hydrogen) atoms. The van der Waals surface area contributed by atoms with Crippen LogP contribution in [0.4, 0.5) is 16.4 Å². The molecule has 0 spiro atoms. The van der Waals surface area contributed by atoms with Crippen LogP contribution < -0.4 is 15.5 Å². The number of amides is 2. The summed E-state index contributed by atoms with van der Waals surface area (Å²) in [6, 6.07) is 9.30. The van der Waals surface area contributed by atoms with Crippen LogP contribution in [0.1, 0.15) is 17.0 Å². The van der Waals surface area contributed by atoms with Crippen molar-refractivity contribution in [2.75, 3.05) is 30.9 Å². The summed E-state index contributed by atoms with van der Waals surface area (Å²) < 4.78 is 5.06. The van der Waals surface area contributed by atoms with Gasteiger partial charge in [0.05, 0.1) is 17.1 Å². The molecule has 2 rings (SSSR count). The molecule has 0 aliphatic heterocycles. The lowest BCUT2D eigenvalue weighted by atomic mass is 10.2. The fourth-order valence-electron chi connectivity index (χ4n) is 2.19. The number of carbonyl (C=O) groups is 2. The first-order valence-electron chi connectivity index (χ1n) is 8.13. The van der Waals surface area contributed by atoms with Gasteiger partial charge in [-0.3, -0.25) is 4.79 Å². The molecule has 1 aromatic carbocycles. The van der Waals surface area contributed by atoms with Crippen LogP contribution in [0.2, 0.25) is 0 Å². The summed E-state index contributed by atoms with van der Waals surface area (Å²) in [6.45, 7) is 3.52. The number of rotatable bonds is 6. The van der Waals surface area contributed by atoms with E-state index in [9.17, 15) is 9.59 Å². The first-order chi connectivity index (χ1) is 12.4. The molecule has 8 nitrogen and oxygen atoms in total. The van der Waals surface area contributed by atoms with Crippen molar-refractivity contribution in [3.05, 3.63) is 47.3 Å². The Morgan fingerprint density at radius 2 is 1.69 bits per heavy atom. The number of anilines is 2. The monoisotopic (exact) mass is 357 g/mol. The molecule has 0 aliphatic carbocycles. The van der Waals surface area contributed by atoms with Gasteiger partial charge in [-0.1, -0.05) is 30.3 Å². The predicted molar refractivity (Wildman–Crippen MR) is 99.1 cm³/mol. The third-order valence-corrected chi connectivity index (χ3v) is 3.53. The molecular weight excluding hydrogens is 334 g/mol. The minimum absolute atomic E-state index is 0.145. The molecule has 8 heteroatoms. The molecule has 0 aliphatic rings. The van der Waals surface area contributed by atoms with Crippen molar-refractivity contribution < 1.29 is 14.3 Å². The Morgan fingerprint density at radius 1 is 1.08 bits per heavy atom. The zero-order valence-electron chi connectivity index (χ0n) is 15.4. The largest absolute Gasteiger partial charge is 0.445 e. The Kier molecular flexibility index (Phi) is 6.48. The Morgan fingerprint density at radius 3 is 2.27 bits per heavy atom. The fraction of sp³-hybridized carbons (Fsp3) is 0.333. The van der Waals surface area contributed by atoms with Crippen molar-refractivity contribution in [2.45, 2.75) is 20.5 Å². The van der Waals surface area contributed by atoms with E-state index in [-0.39, 0.29) is 19.1 Å². The molecule has 2 aromatic rings. The smallest absolute Gasteiger partial charge is 0.407 e. The van der Waals surface area contributed by atoms with E-state index in [1.165, 1.54) is 0 Å². The standard InChI is InChI=1S/C18H23N5O3/c1-12-16(13(2)21-17(20-12)23(3)4)22-15(24)10-19-18(25)26-11-14-8-6-5-7-9-14/h5-9H,10-11H2,1-4H3,(H,19,25)(H,22,24). The topological polar surface area (TPSA) is 96.5 Å². The number of aromatic nitrogens is 2. The molecule has 0 atom stereocenters. The second kappa shape index (κ2) is 8.80. The first-order valence-corrected chi connectivity index (χ1v) is 8.13. The highest BCUT2D eigenvalue weighted by Crippen LogP contribution is 2.19. The second-order valence-corrected chi connectivity index (χ2v) is 5.93. The highest BCUT2D eigenvalue weighted by molar-refractivity contribution is 5.94. The Labute approximate surface area is 152 Å². The molecule has 0 radical (unpaired) electrons. The summed E-state index contributed by atoms with van der Waals surface area (Å²) in [5, 5.41) is 5.14. The van der Waals surface area contributed by atoms with Gasteiger partial charge in [-0.25, -0.2) is 14.8 Å². The van der Waals surface area contributed by atoms with Gasteiger partial charge in [0.2, 0.25) is 11.9 Å². The van der Waals surface area contributed by atoms with E-state index in [0.29, 0.717) is 23.0 Å². The lowest BCUT2D eigenvalue weighted by Crippen LogP contribution is -2.33. The van der Waals surface area contributed by atoms with Crippen LogP contribution in [0, 0.1) is 13.8 Å². The van der Waals surface area contributed by atoms with E-state index in [4.69, 9.17) is 4.74 Å². The molecule has 1 heterocycles. The minimum Gasteiger partial charge on any atom is -0.445 e. The number of hydrogen-bond donors (Lipinski definition) is 2. The number of carbonyl (C=O) groups excluding carboxylic acids is 2. The summed E-state index contributed by atoms with van der Waals surface area (Å²) in [6.07, 6.45) is -0.656. The van der Waals surface area contributed by atoms with E-state index < -0.39 is 6.09 Å². The van der Waals surface area contributed by atoms with Gasteiger partial charge in [0.15, 0.2) is 0 Å². The number of ether oxygens (including phenoxy) is 1. The third-order valence-electron chi connectivity index (χ3n) is 3.53. The van der Waals surface area contributed by atoms with E-state index in [0.717, 1.165) is 5.56 Å². The van der Waals surface area contributed by atoms with Crippen LogP contribution in [0.3, 0.4) is 0 Å². The van der Waals surface area contributed by atoms with E-state index in [2.05, 4.69) is 20.6 Å². The van der Waals surface area contributed by atoms with Crippen LogP contribution in [0.25, 0.3) is 0 Å². The number of benzene rings is 1. The first kappa shape index (κ1) is 19.2. The molecule has 0 bridgehead atoms. The van der Waals surface area contributed by atoms with Gasteiger partial charge in [0.25, 0.3) is 0 Å². The highest BCUT2D eigenvalue weighted by Gasteiger charge is 2.13. The molecule has 2 N–H and O–H groups in total. The SMILES string of the molecule is Cc1nc(N(C)C)nc(C)c1NC(=O)CNC(=O)OCc1ccccc1. The zero-order chi connectivity index (χ0) is 19.1. The van der Waals surface area contributed by atoms with Gasteiger partial charge in [0, 0.05) is 14.1 Å². The van der Waals surface area contributed by atoms with Gasteiger partial charge < -0.3 is 20.3 Å². The second-order valence-electron chi connectivity index (χ2n) is 5.93. The maximum absolute atomic E-state index is 12.1. The van der Waals surface area contributed by atoms with Crippen molar-refractivity contribution in [1.29, 1.82) is 0 Å². The van der Waals surface area contributed by atoms with Gasteiger partial charge in [-0.05, 0) is 19.4 Å². The van der Waals surface area contributed by atoms with Crippen LogP contribution >= 0.6 is 0 Å². The number of nitrogens with one attached hydrogen (secondary N) is 2. The average Bonchev–Trinajstić information content (AvgIpc) is 2.61. The highest BCUT2D eigenvalue weighted by atomic mass is 16.5. The minimum atomic E-state index is -0.656. The van der Waals surface area contributed by atoms with Gasteiger partial charge >= 0.3 is 6.09 Å². The molecule has 0 unspecified atom stereocenters. The van der Waals surface area contributed by atoms with Crippen molar-refractivity contribution >= 4 is 23.6 Å². The van der Waals surface area contributed by atoms with E-state index in [1.807, 2.05) is 44.4 Å².